The van der Waals surface area contributed by atoms with Crippen molar-refractivity contribution < 1.29 is 9.53 Å². The van der Waals surface area contributed by atoms with Crippen LogP contribution in [0.2, 0.25) is 0 Å². The van der Waals surface area contributed by atoms with Crippen molar-refractivity contribution in [3.05, 3.63) is 23.9 Å². The van der Waals surface area contributed by atoms with Gasteiger partial charge in [0.05, 0.1) is 12.2 Å². The van der Waals surface area contributed by atoms with Gasteiger partial charge in [0.1, 0.15) is 5.82 Å². The molecule has 1 heterocycles. The molecule has 0 aliphatic carbocycles. The number of pyridine rings is 1. The minimum absolute atomic E-state index is 0.181. The van der Waals surface area contributed by atoms with Crippen molar-refractivity contribution in [2.75, 3.05) is 32.0 Å². The fourth-order valence-corrected chi connectivity index (χ4v) is 1.17. The summed E-state index contributed by atoms with van der Waals surface area (Å²) in [7, 11) is 0. The molecule has 0 aromatic carbocycles. The van der Waals surface area contributed by atoms with Gasteiger partial charge in [-0.05, 0) is 25.1 Å². The highest BCUT2D eigenvalue weighted by molar-refractivity contribution is 5.93. The standard InChI is InChI=1S/C11H18N4O2/c12-4-1-6-17-7-5-14-11(16)9-2-3-10(13)15-8-9/h2-3,8H,1,4-7,12H2,(H2,13,15)(H,14,16). The summed E-state index contributed by atoms with van der Waals surface area (Å²) < 4.78 is 5.25. The van der Waals surface area contributed by atoms with Crippen LogP contribution in [0.5, 0.6) is 0 Å². The Morgan fingerprint density at radius 2 is 2.24 bits per heavy atom. The maximum absolute atomic E-state index is 11.6. The van der Waals surface area contributed by atoms with Crippen molar-refractivity contribution in [1.82, 2.24) is 10.3 Å². The molecule has 0 atom stereocenters. The Hall–Kier alpha value is -1.66. The summed E-state index contributed by atoms with van der Waals surface area (Å²) in [4.78, 5) is 15.4. The molecule has 0 fully saturated rings. The van der Waals surface area contributed by atoms with Crippen LogP contribution in [0.15, 0.2) is 18.3 Å². The highest BCUT2D eigenvalue weighted by Crippen LogP contribution is 2.00. The summed E-state index contributed by atoms with van der Waals surface area (Å²) in [6.07, 6.45) is 2.27. The van der Waals surface area contributed by atoms with Crippen LogP contribution in [0.4, 0.5) is 5.82 Å². The van der Waals surface area contributed by atoms with E-state index in [0.717, 1.165) is 6.42 Å². The van der Waals surface area contributed by atoms with Crippen molar-refractivity contribution in [3.63, 3.8) is 0 Å². The van der Waals surface area contributed by atoms with Crippen LogP contribution in [-0.4, -0.2) is 37.2 Å². The van der Waals surface area contributed by atoms with E-state index >= 15 is 0 Å². The first-order valence-corrected chi connectivity index (χ1v) is 5.51. The average Bonchev–Trinajstić information content (AvgIpc) is 2.34. The molecule has 1 amide bonds. The number of aromatic nitrogens is 1. The molecule has 17 heavy (non-hydrogen) atoms. The molecule has 1 aromatic heterocycles. The van der Waals surface area contributed by atoms with E-state index in [1.165, 1.54) is 6.20 Å². The third-order valence-corrected chi connectivity index (χ3v) is 2.07. The zero-order valence-electron chi connectivity index (χ0n) is 9.69. The molecular formula is C11H18N4O2. The van der Waals surface area contributed by atoms with E-state index in [2.05, 4.69) is 10.3 Å². The maximum Gasteiger partial charge on any atom is 0.252 e. The fourth-order valence-electron chi connectivity index (χ4n) is 1.17. The number of hydrogen-bond acceptors (Lipinski definition) is 5. The number of carbonyl (C=O) groups is 1. The molecule has 5 N–H and O–H groups in total. The largest absolute Gasteiger partial charge is 0.384 e. The van der Waals surface area contributed by atoms with Gasteiger partial charge in [-0.25, -0.2) is 4.98 Å². The Morgan fingerprint density at radius 1 is 1.41 bits per heavy atom. The minimum atomic E-state index is -0.181. The van der Waals surface area contributed by atoms with Crippen molar-refractivity contribution >= 4 is 11.7 Å². The Labute approximate surface area is 100 Å². The number of nitrogens with one attached hydrogen (secondary N) is 1. The van der Waals surface area contributed by atoms with Gasteiger partial charge < -0.3 is 21.5 Å². The van der Waals surface area contributed by atoms with E-state index in [1.807, 2.05) is 0 Å². The number of anilines is 1. The molecule has 1 aromatic rings. The number of hydrogen-bond donors (Lipinski definition) is 3. The molecule has 0 saturated carbocycles. The van der Waals surface area contributed by atoms with Gasteiger partial charge in [0.2, 0.25) is 0 Å². The molecule has 0 bridgehead atoms. The molecule has 0 radical (unpaired) electrons. The van der Waals surface area contributed by atoms with Crippen molar-refractivity contribution in [2.24, 2.45) is 5.73 Å². The smallest absolute Gasteiger partial charge is 0.252 e. The molecule has 0 aliphatic heterocycles. The quantitative estimate of drug-likeness (QED) is 0.569. The number of nitrogens with two attached hydrogens (primary N) is 2. The summed E-state index contributed by atoms with van der Waals surface area (Å²) >= 11 is 0. The van der Waals surface area contributed by atoms with Crippen molar-refractivity contribution in [2.45, 2.75) is 6.42 Å². The van der Waals surface area contributed by atoms with Crippen LogP contribution in [-0.2, 0) is 4.74 Å². The van der Waals surface area contributed by atoms with Gasteiger partial charge in [0.25, 0.3) is 5.91 Å². The zero-order chi connectivity index (χ0) is 12.5. The number of carbonyl (C=O) groups excluding carboxylic acids is 1. The molecule has 94 valence electrons. The van der Waals surface area contributed by atoms with Crippen LogP contribution in [0, 0.1) is 0 Å². The second-order valence-corrected chi connectivity index (χ2v) is 3.48. The number of rotatable bonds is 7. The Balaban J connectivity index is 2.19. The van der Waals surface area contributed by atoms with Gasteiger partial charge in [0, 0.05) is 19.3 Å². The summed E-state index contributed by atoms with van der Waals surface area (Å²) in [5, 5.41) is 2.72. The summed E-state index contributed by atoms with van der Waals surface area (Å²) in [6, 6.07) is 3.22. The predicted octanol–water partition coefficient (Wildman–Crippen LogP) is -0.241. The van der Waals surface area contributed by atoms with E-state index in [9.17, 15) is 4.79 Å². The van der Waals surface area contributed by atoms with E-state index in [0.29, 0.717) is 37.7 Å². The van der Waals surface area contributed by atoms with E-state index in [4.69, 9.17) is 16.2 Å². The van der Waals surface area contributed by atoms with Crippen LogP contribution in [0.3, 0.4) is 0 Å². The first-order valence-electron chi connectivity index (χ1n) is 5.51. The molecule has 0 spiro atoms. The Bertz CT molecular complexity index is 340. The lowest BCUT2D eigenvalue weighted by molar-refractivity contribution is 0.0914. The van der Waals surface area contributed by atoms with Crippen molar-refractivity contribution in [1.29, 1.82) is 0 Å². The summed E-state index contributed by atoms with van der Waals surface area (Å²) in [5.41, 5.74) is 11.2. The number of amides is 1. The second-order valence-electron chi connectivity index (χ2n) is 3.48. The van der Waals surface area contributed by atoms with Gasteiger partial charge in [-0.2, -0.15) is 0 Å². The topological polar surface area (TPSA) is 103 Å². The molecule has 0 unspecified atom stereocenters. The minimum Gasteiger partial charge on any atom is -0.384 e. The monoisotopic (exact) mass is 238 g/mol. The lowest BCUT2D eigenvalue weighted by atomic mass is 10.2. The first kappa shape index (κ1) is 13.4. The third kappa shape index (κ3) is 5.28. The summed E-state index contributed by atoms with van der Waals surface area (Å²) in [6.45, 7) is 2.18. The van der Waals surface area contributed by atoms with Crippen LogP contribution < -0.4 is 16.8 Å². The number of nitrogen functional groups attached to an aromatic ring is 1. The fraction of sp³-hybridized carbons (Fsp3) is 0.455. The Morgan fingerprint density at radius 3 is 2.88 bits per heavy atom. The SMILES string of the molecule is NCCCOCCNC(=O)c1ccc(N)nc1. The maximum atomic E-state index is 11.6. The Kier molecular flexibility index (Phi) is 5.98. The lowest BCUT2D eigenvalue weighted by Crippen LogP contribution is -2.27. The van der Waals surface area contributed by atoms with E-state index < -0.39 is 0 Å². The van der Waals surface area contributed by atoms with Crippen LogP contribution >= 0.6 is 0 Å². The van der Waals surface area contributed by atoms with Gasteiger partial charge in [-0.1, -0.05) is 0 Å². The molecule has 0 aliphatic rings. The van der Waals surface area contributed by atoms with Gasteiger partial charge >= 0.3 is 0 Å². The number of nitrogens with zero attached hydrogens (tertiary/aromatic N) is 1. The third-order valence-electron chi connectivity index (χ3n) is 2.07. The predicted molar refractivity (Wildman–Crippen MR) is 65.5 cm³/mol. The molecule has 6 heteroatoms. The van der Waals surface area contributed by atoms with Gasteiger partial charge in [-0.3, -0.25) is 4.79 Å². The van der Waals surface area contributed by atoms with Crippen molar-refractivity contribution in [3.8, 4) is 0 Å². The normalized spacial score (nSPS) is 10.2. The van der Waals surface area contributed by atoms with Gasteiger partial charge in [0.15, 0.2) is 0 Å². The number of ether oxygens (including phenoxy) is 1. The highest BCUT2D eigenvalue weighted by atomic mass is 16.5. The molecule has 0 saturated heterocycles. The summed E-state index contributed by atoms with van der Waals surface area (Å²) in [5.74, 6) is 0.214. The van der Waals surface area contributed by atoms with E-state index in [-0.39, 0.29) is 5.91 Å². The average molecular weight is 238 g/mol. The highest BCUT2D eigenvalue weighted by Gasteiger charge is 2.04. The van der Waals surface area contributed by atoms with Gasteiger partial charge in [-0.15, -0.1) is 0 Å². The lowest BCUT2D eigenvalue weighted by Gasteiger charge is -2.06. The second kappa shape index (κ2) is 7.59. The molecule has 1 rings (SSSR count). The van der Waals surface area contributed by atoms with Crippen LogP contribution in [0.25, 0.3) is 0 Å². The molecular weight excluding hydrogens is 220 g/mol. The van der Waals surface area contributed by atoms with E-state index in [1.54, 1.807) is 12.1 Å². The first-order chi connectivity index (χ1) is 8.24. The molecule has 6 nitrogen and oxygen atoms in total. The zero-order valence-corrected chi connectivity index (χ0v) is 9.69. The van der Waals surface area contributed by atoms with Crippen LogP contribution in [0.1, 0.15) is 16.8 Å².